The molecule has 0 radical (unpaired) electrons. The predicted octanol–water partition coefficient (Wildman–Crippen LogP) is 0.576. The summed E-state index contributed by atoms with van der Waals surface area (Å²) in [6.07, 6.45) is 0.945. The molecule has 1 N–H and O–H groups in total. The molecule has 7 nitrogen and oxygen atoms in total. The Bertz CT molecular complexity index is 485. The van der Waals surface area contributed by atoms with Crippen LogP contribution in [0.25, 0.3) is 0 Å². The Morgan fingerprint density at radius 2 is 2.19 bits per heavy atom. The van der Waals surface area contributed by atoms with Gasteiger partial charge in [-0.2, -0.15) is 0 Å². The molecule has 0 bridgehead atoms. The van der Waals surface area contributed by atoms with Gasteiger partial charge in [-0.1, -0.05) is 17.0 Å². The van der Waals surface area contributed by atoms with Crippen molar-refractivity contribution in [1.82, 2.24) is 4.89 Å². The van der Waals surface area contributed by atoms with Crippen molar-refractivity contribution in [3.8, 4) is 0 Å². The number of nitro benzene ring substituents is 1. The van der Waals surface area contributed by atoms with Gasteiger partial charge in [0.1, 0.15) is 0 Å². The number of benzene rings is 1. The second-order valence-electron chi connectivity index (χ2n) is 3.07. The molecule has 88 valence electrons. The summed E-state index contributed by atoms with van der Waals surface area (Å²) in [5, 5.41) is 10.4. The first-order valence-corrected chi connectivity index (χ1v) is 6.09. The second kappa shape index (κ2) is 5.01. The van der Waals surface area contributed by atoms with Crippen LogP contribution in [0.4, 0.5) is 5.69 Å². The van der Waals surface area contributed by atoms with Crippen LogP contribution in [0.15, 0.2) is 24.3 Å². The van der Waals surface area contributed by atoms with Gasteiger partial charge < -0.3 is 0 Å². The number of nitrogens with zero attached hydrogens (tertiary/aromatic N) is 1. The number of hydrogen-bond acceptors (Lipinski definition) is 5. The molecule has 0 aliphatic rings. The van der Waals surface area contributed by atoms with E-state index in [1.807, 2.05) is 4.89 Å². The summed E-state index contributed by atoms with van der Waals surface area (Å²) in [5.41, 5.74) is 0.436. The van der Waals surface area contributed by atoms with Gasteiger partial charge in [-0.25, -0.2) is 8.42 Å². The zero-order chi connectivity index (χ0) is 12.2. The summed E-state index contributed by atoms with van der Waals surface area (Å²) in [6, 6.07) is 5.74. The van der Waals surface area contributed by atoms with E-state index in [-0.39, 0.29) is 12.3 Å². The Balaban J connectivity index is 2.61. The van der Waals surface area contributed by atoms with Crippen molar-refractivity contribution in [2.45, 2.75) is 6.61 Å². The fourth-order valence-corrected chi connectivity index (χ4v) is 1.25. The van der Waals surface area contributed by atoms with Gasteiger partial charge in [-0.05, 0) is 5.56 Å². The van der Waals surface area contributed by atoms with E-state index in [0.29, 0.717) is 5.56 Å². The highest BCUT2D eigenvalue weighted by Crippen LogP contribution is 2.13. The fraction of sp³-hybridized carbons (Fsp3) is 0.250. The topological polar surface area (TPSA) is 98.5 Å². The van der Waals surface area contributed by atoms with Crippen molar-refractivity contribution in [2.75, 3.05) is 6.26 Å². The first-order valence-electron chi connectivity index (χ1n) is 4.20. The third kappa shape index (κ3) is 4.34. The highest BCUT2D eigenvalue weighted by atomic mass is 32.2. The molecule has 1 aromatic rings. The SMILES string of the molecule is CS(=O)(=O)NOCc1cccc([N+](=O)[O-])c1. The molecule has 0 saturated heterocycles. The van der Waals surface area contributed by atoms with Crippen molar-refractivity contribution in [3.63, 3.8) is 0 Å². The van der Waals surface area contributed by atoms with E-state index in [1.165, 1.54) is 18.2 Å². The minimum Gasteiger partial charge on any atom is -0.282 e. The molecular formula is C8H10N2O5S. The molecule has 0 atom stereocenters. The largest absolute Gasteiger partial charge is 0.282 e. The molecule has 16 heavy (non-hydrogen) atoms. The lowest BCUT2D eigenvalue weighted by molar-refractivity contribution is -0.385. The monoisotopic (exact) mass is 246 g/mol. The normalized spacial score (nSPS) is 11.3. The lowest BCUT2D eigenvalue weighted by atomic mass is 10.2. The molecule has 0 heterocycles. The summed E-state index contributed by atoms with van der Waals surface area (Å²) in [5.74, 6) is 0. The minimum atomic E-state index is -3.43. The first-order chi connectivity index (χ1) is 7.38. The molecule has 8 heteroatoms. The molecular weight excluding hydrogens is 236 g/mol. The van der Waals surface area contributed by atoms with Crippen LogP contribution in [-0.2, 0) is 21.5 Å². The molecule has 0 aromatic heterocycles. The lowest BCUT2D eigenvalue weighted by Crippen LogP contribution is -2.21. The van der Waals surface area contributed by atoms with Crippen LogP contribution < -0.4 is 4.89 Å². The Labute approximate surface area is 92.2 Å². The summed E-state index contributed by atoms with van der Waals surface area (Å²) in [4.78, 5) is 16.4. The standard InChI is InChI=1S/C8H10N2O5S/c1-16(13,14)9-15-6-7-3-2-4-8(5-7)10(11)12/h2-5,9H,6H2,1H3. The molecule has 0 unspecified atom stereocenters. The number of hydrogen-bond donors (Lipinski definition) is 1. The summed E-state index contributed by atoms with van der Waals surface area (Å²) < 4.78 is 21.3. The Morgan fingerprint density at radius 3 is 2.75 bits per heavy atom. The molecule has 0 aliphatic heterocycles. The van der Waals surface area contributed by atoms with Crippen LogP contribution in [0.2, 0.25) is 0 Å². The van der Waals surface area contributed by atoms with Gasteiger partial charge in [-0.3, -0.25) is 15.0 Å². The van der Waals surface area contributed by atoms with Crippen molar-refractivity contribution in [1.29, 1.82) is 0 Å². The van der Waals surface area contributed by atoms with E-state index in [1.54, 1.807) is 6.07 Å². The van der Waals surface area contributed by atoms with Gasteiger partial charge in [0.15, 0.2) is 0 Å². The smallest absolute Gasteiger partial charge is 0.269 e. The first kappa shape index (κ1) is 12.6. The number of rotatable bonds is 5. The summed E-state index contributed by atoms with van der Waals surface area (Å²) >= 11 is 0. The molecule has 0 saturated carbocycles. The van der Waals surface area contributed by atoms with Crippen molar-refractivity contribution in [3.05, 3.63) is 39.9 Å². The number of nitro groups is 1. The van der Waals surface area contributed by atoms with Gasteiger partial charge in [0, 0.05) is 12.1 Å². The maximum atomic E-state index is 10.7. The fourth-order valence-electron chi connectivity index (χ4n) is 0.980. The van der Waals surface area contributed by atoms with E-state index in [9.17, 15) is 18.5 Å². The van der Waals surface area contributed by atoms with E-state index >= 15 is 0 Å². The average Bonchev–Trinajstić information content (AvgIpc) is 2.16. The molecule has 0 fully saturated rings. The van der Waals surface area contributed by atoms with Gasteiger partial charge in [0.2, 0.25) is 10.0 Å². The molecule has 0 aliphatic carbocycles. The molecule has 0 amide bonds. The van der Waals surface area contributed by atoms with Crippen LogP contribution >= 0.6 is 0 Å². The van der Waals surface area contributed by atoms with E-state index in [0.717, 1.165) is 6.26 Å². The van der Waals surface area contributed by atoms with E-state index < -0.39 is 14.9 Å². The van der Waals surface area contributed by atoms with Crippen molar-refractivity contribution < 1.29 is 18.2 Å². The van der Waals surface area contributed by atoms with Crippen LogP contribution in [-0.4, -0.2) is 19.6 Å². The summed E-state index contributed by atoms with van der Waals surface area (Å²) in [7, 11) is -3.43. The average molecular weight is 246 g/mol. The second-order valence-corrected chi connectivity index (χ2v) is 4.78. The van der Waals surface area contributed by atoms with Crippen molar-refractivity contribution in [2.24, 2.45) is 0 Å². The van der Waals surface area contributed by atoms with Gasteiger partial charge in [-0.15, -0.1) is 0 Å². The van der Waals surface area contributed by atoms with Crippen LogP contribution in [0.5, 0.6) is 0 Å². The van der Waals surface area contributed by atoms with Crippen LogP contribution in [0, 0.1) is 10.1 Å². The Kier molecular flexibility index (Phi) is 3.93. The lowest BCUT2D eigenvalue weighted by Gasteiger charge is -2.03. The van der Waals surface area contributed by atoms with Crippen LogP contribution in [0.1, 0.15) is 5.56 Å². The zero-order valence-electron chi connectivity index (χ0n) is 8.41. The summed E-state index contributed by atoms with van der Waals surface area (Å²) in [6.45, 7) is -0.0747. The number of sulfonamides is 1. The zero-order valence-corrected chi connectivity index (χ0v) is 9.23. The van der Waals surface area contributed by atoms with Crippen LogP contribution in [0.3, 0.4) is 0 Å². The third-order valence-electron chi connectivity index (χ3n) is 1.57. The Morgan fingerprint density at radius 1 is 1.50 bits per heavy atom. The number of non-ortho nitro benzene ring substituents is 1. The highest BCUT2D eigenvalue weighted by molar-refractivity contribution is 7.88. The Hall–Kier alpha value is -1.51. The molecule has 0 spiro atoms. The van der Waals surface area contributed by atoms with Gasteiger partial charge >= 0.3 is 0 Å². The van der Waals surface area contributed by atoms with Crippen molar-refractivity contribution >= 4 is 15.7 Å². The van der Waals surface area contributed by atoms with E-state index in [2.05, 4.69) is 4.84 Å². The van der Waals surface area contributed by atoms with E-state index in [4.69, 9.17) is 0 Å². The molecule has 1 aromatic carbocycles. The van der Waals surface area contributed by atoms with Gasteiger partial charge in [0.05, 0.1) is 17.8 Å². The number of nitrogens with one attached hydrogen (secondary N) is 1. The van der Waals surface area contributed by atoms with Gasteiger partial charge in [0.25, 0.3) is 5.69 Å². The maximum absolute atomic E-state index is 10.7. The predicted molar refractivity (Wildman–Crippen MR) is 55.9 cm³/mol. The maximum Gasteiger partial charge on any atom is 0.269 e. The third-order valence-corrected chi connectivity index (χ3v) is 1.99. The highest BCUT2D eigenvalue weighted by Gasteiger charge is 2.06. The minimum absolute atomic E-state index is 0.0690. The molecule has 1 rings (SSSR count). The quantitative estimate of drug-likeness (QED) is 0.605.